The number of aryl methyl sites for hydroxylation is 2. The van der Waals surface area contributed by atoms with Crippen molar-refractivity contribution in [3.8, 4) is 11.4 Å². The number of alkyl halides is 1. The van der Waals surface area contributed by atoms with Crippen LogP contribution in [-0.4, -0.2) is 48.8 Å². The van der Waals surface area contributed by atoms with E-state index in [1.54, 1.807) is 42.3 Å². The van der Waals surface area contributed by atoms with Gasteiger partial charge in [-0.1, -0.05) is 5.16 Å². The van der Waals surface area contributed by atoms with E-state index in [1.165, 1.54) is 4.90 Å². The van der Waals surface area contributed by atoms with Gasteiger partial charge in [0, 0.05) is 37.2 Å². The van der Waals surface area contributed by atoms with Crippen LogP contribution in [0, 0.1) is 6.92 Å². The fourth-order valence-corrected chi connectivity index (χ4v) is 3.44. The number of piperidine rings is 1. The maximum atomic E-state index is 15.7. The van der Waals surface area contributed by atoms with Crippen LogP contribution in [0.3, 0.4) is 0 Å². The van der Waals surface area contributed by atoms with Crippen molar-refractivity contribution in [1.29, 1.82) is 0 Å². The summed E-state index contributed by atoms with van der Waals surface area (Å²) in [5.41, 5.74) is -0.0467. The smallest absolute Gasteiger partial charge is 0.266 e. The molecule has 1 atom stereocenters. The number of halogens is 1. The van der Waals surface area contributed by atoms with Crippen LogP contribution in [-0.2, 0) is 12.2 Å². The average molecular weight is 384 g/mol. The molecule has 1 saturated heterocycles. The summed E-state index contributed by atoms with van der Waals surface area (Å²) < 4.78 is 22.6. The number of pyridine rings is 1. The topological polar surface area (TPSA) is 89.9 Å². The van der Waals surface area contributed by atoms with E-state index in [0.717, 1.165) is 0 Å². The fraction of sp³-hybridized carbons (Fsp3) is 0.421. The van der Waals surface area contributed by atoms with Crippen LogP contribution in [0.25, 0.3) is 11.4 Å². The zero-order valence-electron chi connectivity index (χ0n) is 15.8. The zero-order chi connectivity index (χ0) is 19.7. The molecule has 28 heavy (non-hydrogen) atoms. The molecule has 0 spiro atoms. The summed E-state index contributed by atoms with van der Waals surface area (Å²) in [6.07, 6.45) is 5.66. The van der Waals surface area contributed by atoms with Crippen LogP contribution in [0.5, 0.6) is 0 Å². The first-order chi connectivity index (χ1) is 13.5. The third kappa shape index (κ3) is 3.28. The van der Waals surface area contributed by atoms with E-state index in [4.69, 9.17) is 4.52 Å². The van der Waals surface area contributed by atoms with Crippen LogP contribution in [0.4, 0.5) is 4.39 Å². The average Bonchev–Trinajstić information content (AvgIpc) is 3.35. The highest BCUT2D eigenvalue weighted by molar-refractivity contribution is 5.95. The van der Waals surface area contributed by atoms with Gasteiger partial charge in [0.15, 0.2) is 0 Å². The van der Waals surface area contributed by atoms with E-state index < -0.39 is 5.67 Å². The van der Waals surface area contributed by atoms with Crippen molar-refractivity contribution in [1.82, 2.24) is 29.8 Å². The Bertz CT molecular complexity index is 985. The van der Waals surface area contributed by atoms with Gasteiger partial charge in [0.1, 0.15) is 0 Å². The maximum absolute atomic E-state index is 15.7. The highest BCUT2D eigenvalue weighted by atomic mass is 19.1. The Balaban J connectivity index is 1.56. The fourth-order valence-electron chi connectivity index (χ4n) is 3.44. The van der Waals surface area contributed by atoms with Crippen molar-refractivity contribution in [2.24, 2.45) is 0 Å². The lowest BCUT2D eigenvalue weighted by molar-refractivity contribution is 0.0152. The van der Waals surface area contributed by atoms with Gasteiger partial charge in [-0.05, 0) is 38.8 Å². The largest absolute Gasteiger partial charge is 0.335 e. The molecule has 3 aromatic rings. The van der Waals surface area contributed by atoms with Gasteiger partial charge in [0.2, 0.25) is 11.5 Å². The lowest BCUT2D eigenvalue weighted by Crippen LogP contribution is -2.46. The molecule has 4 heterocycles. The standard InChI is InChI=1S/C19H21FN6O2/c1-3-26-11-15(13(2)23-26)17(27)25-10-4-7-19(20,12-25)18-22-16(24-28-18)14-5-8-21-9-6-14/h5-6,8-9,11H,3-4,7,10,12H2,1-2H3. The van der Waals surface area contributed by atoms with E-state index >= 15 is 4.39 Å². The maximum Gasteiger partial charge on any atom is 0.266 e. The lowest BCUT2D eigenvalue weighted by atomic mass is 9.94. The first-order valence-electron chi connectivity index (χ1n) is 9.27. The zero-order valence-corrected chi connectivity index (χ0v) is 15.8. The quantitative estimate of drug-likeness (QED) is 0.687. The second kappa shape index (κ2) is 7.14. The molecule has 0 aliphatic carbocycles. The van der Waals surface area contributed by atoms with Crippen molar-refractivity contribution in [3.05, 3.63) is 47.9 Å². The number of likely N-dealkylation sites (tertiary alicyclic amines) is 1. The summed E-state index contributed by atoms with van der Waals surface area (Å²) in [6.45, 7) is 4.75. The van der Waals surface area contributed by atoms with E-state index in [2.05, 4.69) is 20.2 Å². The number of rotatable bonds is 4. The van der Waals surface area contributed by atoms with Crippen LogP contribution in [0.1, 0.15) is 41.7 Å². The molecule has 9 heteroatoms. The predicted molar refractivity (Wildman–Crippen MR) is 98.1 cm³/mol. The van der Waals surface area contributed by atoms with Gasteiger partial charge in [0.25, 0.3) is 11.8 Å². The van der Waals surface area contributed by atoms with Crippen molar-refractivity contribution in [3.63, 3.8) is 0 Å². The van der Waals surface area contributed by atoms with Crippen molar-refractivity contribution >= 4 is 5.91 Å². The Morgan fingerprint density at radius 3 is 2.86 bits per heavy atom. The normalized spacial score (nSPS) is 19.8. The second-order valence-electron chi connectivity index (χ2n) is 6.94. The molecule has 146 valence electrons. The molecule has 1 aliphatic heterocycles. The van der Waals surface area contributed by atoms with Crippen LogP contribution in [0.2, 0.25) is 0 Å². The van der Waals surface area contributed by atoms with Gasteiger partial charge in [0.05, 0.1) is 17.8 Å². The summed E-state index contributed by atoms with van der Waals surface area (Å²) in [5, 5.41) is 8.20. The molecule has 1 unspecified atom stereocenters. The minimum absolute atomic E-state index is 0.0993. The summed E-state index contributed by atoms with van der Waals surface area (Å²) in [5.74, 6) is -0.0245. The highest BCUT2D eigenvalue weighted by Crippen LogP contribution is 2.36. The van der Waals surface area contributed by atoms with Crippen molar-refractivity contribution < 1.29 is 13.7 Å². The number of carbonyl (C=O) groups excluding carboxylic acids is 1. The lowest BCUT2D eigenvalue weighted by Gasteiger charge is -2.35. The summed E-state index contributed by atoms with van der Waals surface area (Å²) in [6, 6.07) is 3.45. The van der Waals surface area contributed by atoms with Gasteiger partial charge < -0.3 is 9.42 Å². The molecule has 0 bridgehead atoms. The number of hydrogen-bond donors (Lipinski definition) is 0. The van der Waals surface area contributed by atoms with Crippen molar-refractivity contribution in [2.75, 3.05) is 13.1 Å². The molecule has 1 fully saturated rings. The SMILES string of the molecule is CCn1cc(C(=O)N2CCCC(F)(c3nc(-c4ccncc4)no3)C2)c(C)n1. The molecule has 0 saturated carbocycles. The van der Waals surface area contributed by atoms with Crippen LogP contribution < -0.4 is 0 Å². The van der Waals surface area contributed by atoms with Gasteiger partial charge in [-0.3, -0.25) is 14.5 Å². The predicted octanol–water partition coefficient (Wildman–Crippen LogP) is 2.76. The minimum atomic E-state index is -1.87. The number of amides is 1. The molecule has 0 aromatic carbocycles. The molecule has 1 amide bonds. The molecule has 8 nitrogen and oxygen atoms in total. The van der Waals surface area contributed by atoms with Gasteiger partial charge in [-0.15, -0.1) is 0 Å². The van der Waals surface area contributed by atoms with Crippen LogP contribution >= 0.6 is 0 Å². The van der Waals surface area contributed by atoms with Gasteiger partial charge >= 0.3 is 0 Å². The third-order valence-corrected chi connectivity index (χ3v) is 4.98. The molecule has 1 aliphatic rings. The number of aromatic nitrogens is 5. The molecular formula is C19H21FN6O2. The molecule has 4 rings (SSSR count). The van der Waals surface area contributed by atoms with E-state index in [0.29, 0.717) is 42.2 Å². The monoisotopic (exact) mass is 384 g/mol. The third-order valence-electron chi connectivity index (χ3n) is 4.98. The Morgan fingerprint density at radius 1 is 1.36 bits per heavy atom. The summed E-state index contributed by atoms with van der Waals surface area (Å²) in [4.78, 5) is 22.6. The first kappa shape index (κ1) is 18.3. The van der Waals surface area contributed by atoms with Crippen LogP contribution in [0.15, 0.2) is 35.2 Å². The van der Waals surface area contributed by atoms with Crippen molar-refractivity contribution in [2.45, 2.75) is 38.9 Å². The molecular weight excluding hydrogens is 363 g/mol. The summed E-state index contributed by atoms with van der Waals surface area (Å²) >= 11 is 0. The second-order valence-corrected chi connectivity index (χ2v) is 6.94. The summed E-state index contributed by atoms with van der Waals surface area (Å²) in [7, 11) is 0. The first-order valence-corrected chi connectivity index (χ1v) is 9.27. The Morgan fingerprint density at radius 2 is 2.14 bits per heavy atom. The molecule has 0 N–H and O–H groups in total. The number of nitrogens with zero attached hydrogens (tertiary/aromatic N) is 6. The minimum Gasteiger partial charge on any atom is -0.335 e. The number of hydrogen-bond acceptors (Lipinski definition) is 6. The Hall–Kier alpha value is -3.10. The Kier molecular flexibility index (Phi) is 4.66. The van der Waals surface area contributed by atoms with Gasteiger partial charge in [-0.2, -0.15) is 10.1 Å². The van der Waals surface area contributed by atoms with Gasteiger partial charge in [-0.25, -0.2) is 4.39 Å². The number of carbonyl (C=O) groups is 1. The molecule has 0 radical (unpaired) electrons. The highest BCUT2D eigenvalue weighted by Gasteiger charge is 2.44. The van der Waals surface area contributed by atoms with E-state index in [1.807, 2.05) is 6.92 Å². The van der Waals surface area contributed by atoms with E-state index in [-0.39, 0.29) is 24.8 Å². The Labute approximate surface area is 161 Å². The molecule has 3 aromatic heterocycles. The van der Waals surface area contributed by atoms with E-state index in [9.17, 15) is 4.79 Å².